The van der Waals surface area contributed by atoms with Gasteiger partial charge in [-0.1, -0.05) is 12.1 Å². The maximum Gasteiger partial charge on any atom is 0.354 e. The van der Waals surface area contributed by atoms with Crippen molar-refractivity contribution in [3.8, 4) is 0 Å². The Morgan fingerprint density at radius 2 is 1.64 bits per heavy atom. The lowest BCUT2D eigenvalue weighted by Gasteiger charge is -2.09. The molecule has 0 spiro atoms. The smallest absolute Gasteiger partial charge is 0.354 e. The third-order valence-electron chi connectivity index (χ3n) is 4.49. The summed E-state index contributed by atoms with van der Waals surface area (Å²) >= 11 is 0. The summed E-state index contributed by atoms with van der Waals surface area (Å²) in [5, 5.41) is 11.5. The van der Waals surface area contributed by atoms with Gasteiger partial charge in [0.15, 0.2) is 0 Å². The summed E-state index contributed by atoms with van der Waals surface area (Å²) in [7, 11) is -4.21. The van der Waals surface area contributed by atoms with Crippen LogP contribution in [0.5, 0.6) is 0 Å². The standard InChI is InChI=1S/C22H18FN3O6S/c23-17-7-4-15(5-8-17)20(27)24-11-10-14-2-1-3-18(12-14)33(31,32)26-21(28)16-6-9-19(22(29)30)25-13-16/h1-9,12-13H,10-11H2,(H,24,27)(H,26,28)(H,29,30). The number of carboxylic acids is 1. The molecule has 3 aromatic rings. The van der Waals surface area contributed by atoms with Crippen LogP contribution < -0.4 is 10.0 Å². The van der Waals surface area contributed by atoms with Crippen LogP contribution in [0.25, 0.3) is 0 Å². The molecule has 11 heteroatoms. The predicted octanol–water partition coefficient (Wildman–Crippen LogP) is 2.01. The molecule has 0 aliphatic heterocycles. The van der Waals surface area contributed by atoms with Gasteiger partial charge in [0.2, 0.25) is 0 Å². The summed E-state index contributed by atoms with van der Waals surface area (Å²) in [4.78, 5) is 38.6. The summed E-state index contributed by atoms with van der Waals surface area (Å²) in [6, 6.07) is 13.1. The molecule has 0 atom stereocenters. The molecule has 0 bridgehead atoms. The van der Waals surface area contributed by atoms with E-state index in [4.69, 9.17) is 5.11 Å². The number of rotatable bonds is 8. The summed E-state index contributed by atoms with van der Waals surface area (Å²) in [5.41, 5.74) is 0.482. The Kier molecular flexibility index (Phi) is 7.13. The van der Waals surface area contributed by atoms with Crippen LogP contribution in [0.4, 0.5) is 4.39 Å². The lowest BCUT2D eigenvalue weighted by Crippen LogP contribution is -2.31. The second-order valence-corrected chi connectivity index (χ2v) is 8.51. The predicted molar refractivity (Wildman–Crippen MR) is 115 cm³/mol. The summed E-state index contributed by atoms with van der Waals surface area (Å²) in [6.45, 7) is 0.202. The molecule has 2 amide bonds. The average Bonchev–Trinajstić information content (AvgIpc) is 2.79. The Morgan fingerprint density at radius 3 is 2.27 bits per heavy atom. The van der Waals surface area contributed by atoms with Crippen molar-refractivity contribution in [3.63, 3.8) is 0 Å². The minimum atomic E-state index is -4.21. The zero-order valence-corrected chi connectivity index (χ0v) is 17.8. The molecule has 0 radical (unpaired) electrons. The number of benzene rings is 2. The van der Waals surface area contributed by atoms with E-state index < -0.39 is 33.6 Å². The average molecular weight is 471 g/mol. The zero-order chi connectivity index (χ0) is 24.0. The number of aromatic nitrogens is 1. The number of amides is 2. The molecule has 0 saturated carbocycles. The number of aromatic carboxylic acids is 1. The Hall–Kier alpha value is -4.12. The number of halogens is 1. The second kappa shape index (κ2) is 10.0. The van der Waals surface area contributed by atoms with E-state index in [1.54, 1.807) is 6.07 Å². The van der Waals surface area contributed by atoms with Gasteiger partial charge >= 0.3 is 5.97 Å². The molecule has 0 fully saturated rings. The van der Waals surface area contributed by atoms with Gasteiger partial charge in [-0.05, 0) is 60.5 Å². The quantitative estimate of drug-likeness (QED) is 0.456. The van der Waals surface area contributed by atoms with Crippen molar-refractivity contribution in [1.29, 1.82) is 0 Å². The number of carbonyl (C=O) groups excluding carboxylic acids is 2. The second-order valence-electron chi connectivity index (χ2n) is 6.83. The molecule has 2 aromatic carbocycles. The maximum atomic E-state index is 12.9. The van der Waals surface area contributed by atoms with Gasteiger partial charge in [0.1, 0.15) is 11.5 Å². The van der Waals surface area contributed by atoms with Gasteiger partial charge in [-0.3, -0.25) is 9.59 Å². The minimum absolute atomic E-state index is 0.122. The van der Waals surface area contributed by atoms with E-state index in [1.807, 2.05) is 4.72 Å². The van der Waals surface area contributed by atoms with Crippen LogP contribution in [0, 0.1) is 5.82 Å². The molecule has 3 rings (SSSR count). The van der Waals surface area contributed by atoms with E-state index in [9.17, 15) is 27.2 Å². The van der Waals surface area contributed by atoms with E-state index >= 15 is 0 Å². The van der Waals surface area contributed by atoms with Crippen LogP contribution >= 0.6 is 0 Å². The van der Waals surface area contributed by atoms with Crippen molar-refractivity contribution in [3.05, 3.63) is 95.1 Å². The van der Waals surface area contributed by atoms with Gasteiger partial charge in [-0.25, -0.2) is 27.3 Å². The van der Waals surface area contributed by atoms with E-state index in [0.29, 0.717) is 17.5 Å². The monoisotopic (exact) mass is 471 g/mol. The van der Waals surface area contributed by atoms with Crippen LogP contribution in [-0.4, -0.2) is 42.8 Å². The highest BCUT2D eigenvalue weighted by atomic mass is 32.2. The number of nitrogens with one attached hydrogen (secondary N) is 2. The van der Waals surface area contributed by atoms with E-state index in [1.165, 1.54) is 42.5 Å². The first-order chi connectivity index (χ1) is 15.7. The fourth-order valence-corrected chi connectivity index (χ4v) is 3.83. The van der Waals surface area contributed by atoms with Crippen molar-refractivity contribution in [1.82, 2.24) is 15.0 Å². The van der Waals surface area contributed by atoms with Crippen LogP contribution in [-0.2, 0) is 16.4 Å². The highest BCUT2D eigenvalue weighted by Crippen LogP contribution is 2.13. The maximum absolute atomic E-state index is 12.9. The molecular formula is C22H18FN3O6S. The normalized spacial score (nSPS) is 10.9. The summed E-state index contributed by atoms with van der Waals surface area (Å²) < 4.78 is 40.0. The molecule has 1 heterocycles. The van der Waals surface area contributed by atoms with Crippen LogP contribution in [0.1, 0.15) is 36.8 Å². The molecule has 33 heavy (non-hydrogen) atoms. The molecule has 9 nitrogen and oxygen atoms in total. The summed E-state index contributed by atoms with van der Waals surface area (Å²) in [5.74, 6) is -3.09. The summed E-state index contributed by atoms with van der Waals surface area (Å²) in [6.07, 6.45) is 1.28. The zero-order valence-electron chi connectivity index (χ0n) is 17.0. The van der Waals surface area contributed by atoms with Gasteiger partial charge < -0.3 is 10.4 Å². The largest absolute Gasteiger partial charge is 0.477 e. The SMILES string of the molecule is O=C(NCCc1cccc(S(=O)(=O)NC(=O)c2ccc(C(=O)O)nc2)c1)c1ccc(F)cc1. The van der Waals surface area contributed by atoms with E-state index in [-0.39, 0.29) is 22.7 Å². The van der Waals surface area contributed by atoms with Gasteiger partial charge in [0, 0.05) is 18.3 Å². The Bertz CT molecular complexity index is 1290. The number of carbonyl (C=O) groups is 3. The van der Waals surface area contributed by atoms with Crippen LogP contribution in [0.2, 0.25) is 0 Å². The number of pyridine rings is 1. The van der Waals surface area contributed by atoms with Gasteiger partial charge in [0.05, 0.1) is 10.5 Å². The minimum Gasteiger partial charge on any atom is -0.477 e. The molecule has 3 N–H and O–H groups in total. The molecule has 170 valence electrons. The van der Waals surface area contributed by atoms with Gasteiger partial charge in [-0.2, -0.15) is 0 Å². The Labute approximate surface area is 188 Å². The van der Waals surface area contributed by atoms with Crippen LogP contribution in [0.15, 0.2) is 71.8 Å². The lowest BCUT2D eigenvalue weighted by molar-refractivity contribution is 0.0689. The molecule has 0 unspecified atom stereocenters. The topological polar surface area (TPSA) is 143 Å². The molecule has 0 saturated heterocycles. The fraction of sp³-hybridized carbons (Fsp3) is 0.0909. The lowest BCUT2D eigenvalue weighted by atomic mass is 10.1. The number of carboxylic acid groups (broad SMARTS) is 1. The van der Waals surface area contributed by atoms with E-state index in [2.05, 4.69) is 10.3 Å². The van der Waals surface area contributed by atoms with Crippen molar-refractivity contribution in [2.45, 2.75) is 11.3 Å². The highest BCUT2D eigenvalue weighted by molar-refractivity contribution is 7.90. The number of hydrogen-bond acceptors (Lipinski definition) is 6. The highest BCUT2D eigenvalue weighted by Gasteiger charge is 2.20. The van der Waals surface area contributed by atoms with Crippen molar-refractivity contribution in [2.24, 2.45) is 0 Å². The Balaban J connectivity index is 1.62. The molecule has 0 aliphatic rings. The first-order valence-electron chi connectivity index (χ1n) is 9.55. The van der Waals surface area contributed by atoms with Crippen molar-refractivity contribution < 1.29 is 32.3 Å². The number of nitrogens with zero attached hydrogens (tertiary/aromatic N) is 1. The first-order valence-corrected chi connectivity index (χ1v) is 11.0. The molecule has 1 aromatic heterocycles. The third kappa shape index (κ3) is 6.20. The van der Waals surface area contributed by atoms with E-state index in [0.717, 1.165) is 18.3 Å². The fourth-order valence-electron chi connectivity index (χ4n) is 2.79. The van der Waals surface area contributed by atoms with Crippen molar-refractivity contribution in [2.75, 3.05) is 6.54 Å². The third-order valence-corrected chi connectivity index (χ3v) is 5.81. The molecular weight excluding hydrogens is 453 g/mol. The van der Waals surface area contributed by atoms with Gasteiger partial charge in [0.25, 0.3) is 21.8 Å². The number of sulfonamides is 1. The first kappa shape index (κ1) is 23.5. The Morgan fingerprint density at radius 1 is 0.939 bits per heavy atom. The van der Waals surface area contributed by atoms with Gasteiger partial charge in [-0.15, -0.1) is 0 Å². The van der Waals surface area contributed by atoms with Crippen LogP contribution in [0.3, 0.4) is 0 Å². The molecule has 0 aliphatic carbocycles. The number of hydrogen-bond donors (Lipinski definition) is 3. The van der Waals surface area contributed by atoms with Crippen molar-refractivity contribution >= 4 is 27.8 Å².